The maximum Gasteiger partial charge on any atom is 0.334 e. The number of methoxy groups -OCH3 is 1. The number of ether oxygens (including phenoxy) is 1. The molecule has 0 aliphatic rings. The Kier molecular flexibility index (Phi) is 4.05. The third-order valence-electron chi connectivity index (χ3n) is 2.80. The molecule has 0 aliphatic carbocycles. The van der Waals surface area contributed by atoms with Crippen molar-refractivity contribution in [2.24, 2.45) is 0 Å². The van der Waals surface area contributed by atoms with E-state index in [4.69, 9.17) is 16.3 Å². The summed E-state index contributed by atoms with van der Waals surface area (Å²) in [5, 5.41) is 11.2. The fraction of sp³-hybridized carbons (Fsp3) is 0.154. The normalized spacial score (nSPS) is 10.3. The van der Waals surface area contributed by atoms with Crippen LogP contribution in [0.2, 0.25) is 5.02 Å². The van der Waals surface area contributed by atoms with Gasteiger partial charge in [0.15, 0.2) is 0 Å². The molecular formula is C13H11ClN2O4. The third-order valence-corrected chi connectivity index (χ3v) is 3.15. The number of nitro groups is 1. The highest BCUT2D eigenvalue weighted by atomic mass is 35.5. The van der Waals surface area contributed by atoms with Crippen molar-refractivity contribution in [3.8, 4) is 5.75 Å². The highest BCUT2D eigenvalue weighted by Crippen LogP contribution is 2.22. The molecule has 0 fully saturated rings. The predicted octanol–water partition coefficient (Wildman–Crippen LogP) is 2.47. The second-order valence-electron chi connectivity index (χ2n) is 4.04. The van der Waals surface area contributed by atoms with Crippen molar-refractivity contribution in [2.75, 3.05) is 7.11 Å². The Morgan fingerprint density at radius 1 is 1.40 bits per heavy atom. The first kappa shape index (κ1) is 14.1. The quantitative estimate of drug-likeness (QED) is 0.641. The summed E-state index contributed by atoms with van der Waals surface area (Å²) in [7, 11) is 1.52. The molecule has 0 radical (unpaired) electrons. The summed E-state index contributed by atoms with van der Waals surface area (Å²) in [5.74, 6) is 0.602. The van der Waals surface area contributed by atoms with E-state index < -0.39 is 16.2 Å². The summed E-state index contributed by atoms with van der Waals surface area (Å²) < 4.78 is 6.27. The van der Waals surface area contributed by atoms with Crippen LogP contribution in [0.25, 0.3) is 0 Å². The summed E-state index contributed by atoms with van der Waals surface area (Å²) in [6.45, 7) is 0.156. The second kappa shape index (κ2) is 5.75. The lowest BCUT2D eigenvalue weighted by molar-refractivity contribution is -0.386. The van der Waals surface area contributed by atoms with Crippen molar-refractivity contribution in [1.29, 1.82) is 0 Å². The van der Waals surface area contributed by atoms with Crippen molar-refractivity contribution < 1.29 is 9.66 Å². The van der Waals surface area contributed by atoms with Crippen molar-refractivity contribution >= 4 is 17.3 Å². The van der Waals surface area contributed by atoms with Crippen LogP contribution in [-0.2, 0) is 6.54 Å². The average molecular weight is 295 g/mol. The van der Waals surface area contributed by atoms with Crippen LogP contribution in [0, 0.1) is 10.1 Å². The predicted molar refractivity (Wildman–Crippen MR) is 74.5 cm³/mol. The van der Waals surface area contributed by atoms with E-state index in [0.717, 1.165) is 0 Å². The van der Waals surface area contributed by atoms with E-state index >= 15 is 0 Å². The molecule has 0 saturated heterocycles. The third kappa shape index (κ3) is 2.80. The summed E-state index contributed by atoms with van der Waals surface area (Å²) in [4.78, 5) is 21.9. The number of halogens is 1. The van der Waals surface area contributed by atoms with Crippen LogP contribution in [0.4, 0.5) is 5.69 Å². The van der Waals surface area contributed by atoms with Gasteiger partial charge in [-0.15, -0.1) is 0 Å². The van der Waals surface area contributed by atoms with Crippen molar-refractivity contribution in [2.45, 2.75) is 6.54 Å². The zero-order valence-corrected chi connectivity index (χ0v) is 11.3. The largest absolute Gasteiger partial charge is 0.497 e. The maximum atomic E-state index is 11.9. The molecule has 7 heteroatoms. The summed E-state index contributed by atoms with van der Waals surface area (Å²) in [5.41, 5.74) is -0.448. The summed E-state index contributed by atoms with van der Waals surface area (Å²) in [6.07, 6.45) is 1.48. The number of pyridine rings is 1. The molecule has 0 spiro atoms. The minimum atomic E-state index is -0.700. The molecule has 6 nitrogen and oxygen atoms in total. The second-order valence-corrected chi connectivity index (χ2v) is 4.45. The van der Waals surface area contributed by atoms with Crippen LogP contribution in [0.5, 0.6) is 5.75 Å². The minimum absolute atomic E-state index is 0.156. The highest BCUT2D eigenvalue weighted by molar-refractivity contribution is 6.31. The van der Waals surface area contributed by atoms with Gasteiger partial charge in [-0.05, 0) is 23.8 Å². The first-order valence-corrected chi connectivity index (χ1v) is 6.07. The zero-order chi connectivity index (χ0) is 14.7. The first-order valence-electron chi connectivity index (χ1n) is 5.69. The van der Waals surface area contributed by atoms with Crippen LogP contribution in [0.1, 0.15) is 5.56 Å². The molecular weight excluding hydrogens is 284 g/mol. The van der Waals surface area contributed by atoms with Gasteiger partial charge in [0.25, 0.3) is 0 Å². The van der Waals surface area contributed by atoms with Gasteiger partial charge in [0, 0.05) is 17.3 Å². The molecule has 0 bridgehead atoms. The average Bonchev–Trinajstić information content (AvgIpc) is 2.42. The van der Waals surface area contributed by atoms with E-state index in [2.05, 4.69) is 0 Å². The SMILES string of the molecule is COc1ccc(Cn2cccc([N+](=O)[O-])c2=O)c(Cl)c1. The molecule has 0 aliphatic heterocycles. The van der Waals surface area contributed by atoms with E-state index in [0.29, 0.717) is 16.3 Å². The topological polar surface area (TPSA) is 74.4 Å². The number of rotatable bonds is 4. The van der Waals surface area contributed by atoms with Gasteiger partial charge in [0.05, 0.1) is 18.6 Å². The molecule has 104 valence electrons. The number of hydrogen-bond donors (Lipinski definition) is 0. The van der Waals surface area contributed by atoms with Gasteiger partial charge in [-0.1, -0.05) is 17.7 Å². The Balaban J connectivity index is 2.38. The van der Waals surface area contributed by atoms with Gasteiger partial charge in [-0.25, -0.2) is 0 Å². The van der Waals surface area contributed by atoms with Crippen LogP contribution in [0.15, 0.2) is 41.3 Å². The van der Waals surface area contributed by atoms with E-state index in [-0.39, 0.29) is 6.54 Å². The highest BCUT2D eigenvalue weighted by Gasteiger charge is 2.14. The monoisotopic (exact) mass is 294 g/mol. The lowest BCUT2D eigenvalue weighted by atomic mass is 10.2. The zero-order valence-electron chi connectivity index (χ0n) is 10.6. The molecule has 2 rings (SSSR count). The maximum absolute atomic E-state index is 11.9. The molecule has 1 aromatic carbocycles. The van der Waals surface area contributed by atoms with Gasteiger partial charge in [-0.3, -0.25) is 14.9 Å². The molecule has 0 unspecified atom stereocenters. The summed E-state index contributed by atoms with van der Waals surface area (Å²) >= 11 is 6.08. The molecule has 20 heavy (non-hydrogen) atoms. The van der Waals surface area contributed by atoms with E-state index in [1.165, 1.54) is 30.0 Å². The Bertz CT molecular complexity index is 712. The lowest BCUT2D eigenvalue weighted by Crippen LogP contribution is -2.22. The van der Waals surface area contributed by atoms with Crippen LogP contribution in [-0.4, -0.2) is 16.6 Å². The molecule has 0 saturated carbocycles. The van der Waals surface area contributed by atoms with Gasteiger partial charge in [-0.2, -0.15) is 0 Å². The number of benzene rings is 1. The lowest BCUT2D eigenvalue weighted by Gasteiger charge is -2.08. The van der Waals surface area contributed by atoms with E-state index in [1.54, 1.807) is 18.2 Å². The van der Waals surface area contributed by atoms with Gasteiger partial charge in [0.1, 0.15) is 5.75 Å². The minimum Gasteiger partial charge on any atom is -0.497 e. The smallest absolute Gasteiger partial charge is 0.334 e. The molecule has 2 aromatic rings. The van der Waals surface area contributed by atoms with Crippen LogP contribution in [0.3, 0.4) is 0 Å². The molecule has 0 amide bonds. The summed E-state index contributed by atoms with van der Waals surface area (Å²) in [6, 6.07) is 7.68. The van der Waals surface area contributed by atoms with Gasteiger partial charge < -0.3 is 9.30 Å². The number of nitrogens with zero attached hydrogens (tertiary/aromatic N) is 2. The van der Waals surface area contributed by atoms with Gasteiger partial charge >= 0.3 is 11.2 Å². The van der Waals surface area contributed by atoms with Crippen LogP contribution >= 0.6 is 11.6 Å². The van der Waals surface area contributed by atoms with E-state index in [1.807, 2.05) is 0 Å². The molecule has 1 heterocycles. The fourth-order valence-electron chi connectivity index (χ4n) is 1.75. The van der Waals surface area contributed by atoms with E-state index in [9.17, 15) is 14.9 Å². The van der Waals surface area contributed by atoms with Crippen molar-refractivity contribution in [1.82, 2.24) is 4.57 Å². The molecule has 0 atom stereocenters. The fourth-order valence-corrected chi connectivity index (χ4v) is 1.98. The van der Waals surface area contributed by atoms with Crippen LogP contribution < -0.4 is 10.3 Å². The molecule has 1 aromatic heterocycles. The Morgan fingerprint density at radius 3 is 2.75 bits per heavy atom. The number of hydrogen-bond acceptors (Lipinski definition) is 4. The Hall–Kier alpha value is -2.34. The van der Waals surface area contributed by atoms with Gasteiger partial charge in [0.2, 0.25) is 0 Å². The van der Waals surface area contributed by atoms with Crippen molar-refractivity contribution in [3.05, 3.63) is 67.6 Å². The first-order chi connectivity index (χ1) is 9.52. The molecule has 0 N–H and O–H groups in total. The Labute approximate surface area is 119 Å². The standard InChI is InChI=1S/C13H11ClN2O4/c1-20-10-5-4-9(11(14)7-10)8-15-6-2-3-12(13(15)17)16(18)19/h2-7H,8H2,1H3. The number of aromatic nitrogens is 1. The van der Waals surface area contributed by atoms with Crippen molar-refractivity contribution in [3.63, 3.8) is 0 Å². The Morgan fingerprint density at radius 2 is 2.15 bits per heavy atom.